The monoisotopic (exact) mass is 279 g/mol. The zero-order chi connectivity index (χ0) is 14.8. The van der Waals surface area contributed by atoms with Crippen molar-refractivity contribution in [2.45, 2.75) is 19.9 Å². The second-order valence-corrected chi connectivity index (χ2v) is 4.32. The van der Waals surface area contributed by atoms with E-state index < -0.39 is 5.97 Å². The minimum atomic E-state index is -0.956. The molecule has 1 aromatic rings. The summed E-state index contributed by atoms with van der Waals surface area (Å²) in [6.07, 6.45) is 0.884. The summed E-state index contributed by atoms with van der Waals surface area (Å²) >= 11 is 0. The molecule has 2 amide bonds. The van der Waals surface area contributed by atoms with Crippen molar-refractivity contribution in [3.05, 3.63) is 35.4 Å². The van der Waals surface area contributed by atoms with E-state index >= 15 is 0 Å². The lowest BCUT2D eigenvalue weighted by atomic mass is 10.1. The summed E-state index contributed by atoms with van der Waals surface area (Å²) in [6, 6.07) is 6.20. The van der Waals surface area contributed by atoms with Crippen LogP contribution in [0.1, 0.15) is 29.3 Å². The van der Waals surface area contributed by atoms with Gasteiger partial charge in [-0.2, -0.15) is 0 Å². The molecule has 1 rings (SSSR count). The van der Waals surface area contributed by atoms with E-state index in [4.69, 9.17) is 5.11 Å². The van der Waals surface area contributed by atoms with E-state index in [2.05, 4.69) is 16.0 Å². The molecule has 0 fully saturated rings. The predicted molar refractivity (Wildman–Crippen MR) is 76.8 cm³/mol. The molecule has 0 aliphatic rings. The molecule has 0 saturated heterocycles. The van der Waals surface area contributed by atoms with Crippen LogP contribution in [0.25, 0.3) is 0 Å². The number of carbonyl (C=O) groups excluding carboxylic acids is 1. The minimum absolute atomic E-state index is 0.219. The van der Waals surface area contributed by atoms with Gasteiger partial charge in [0.15, 0.2) is 0 Å². The number of hydrogen-bond acceptors (Lipinski definition) is 3. The summed E-state index contributed by atoms with van der Waals surface area (Å²) in [5.41, 5.74) is 1.10. The van der Waals surface area contributed by atoms with Gasteiger partial charge in [0.2, 0.25) is 0 Å². The molecule has 0 aliphatic carbocycles. The van der Waals surface area contributed by atoms with Crippen molar-refractivity contribution >= 4 is 12.0 Å². The number of amides is 2. The van der Waals surface area contributed by atoms with Crippen molar-refractivity contribution in [3.8, 4) is 0 Å². The van der Waals surface area contributed by atoms with Crippen LogP contribution < -0.4 is 16.0 Å². The third kappa shape index (κ3) is 6.19. The summed E-state index contributed by atoms with van der Waals surface area (Å²) in [5, 5.41) is 17.4. The Kier molecular flexibility index (Phi) is 7.13. The first-order chi connectivity index (χ1) is 9.63. The molecular formula is C14H21N3O3. The zero-order valence-electron chi connectivity index (χ0n) is 11.6. The summed E-state index contributed by atoms with van der Waals surface area (Å²) in [6.45, 7) is 4.84. The second-order valence-electron chi connectivity index (χ2n) is 4.32. The van der Waals surface area contributed by atoms with Crippen LogP contribution in [-0.2, 0) is 6.54 Å². The van der Waals surface area contributed by atoms with Gasteiger partial charge in [-0.3, -0.25) is 0 Å². The number of urea groups is 1. The predicted octanol–water partition coefficient (Wildman–Crippen LogP) is 1.18. The van der Waals surface area contributed by atoms with Gasteiger partial charge in [0.1, 0.15) is 0 Å². The first kappa shape index (κ1) is 16.0. The maximum Gasteiger partial charge on any atom is 0.335 e. The summed E-state index contributed by atoms with van der Waals surface area (Å²) < 4.78 is 0. The van der Waals surface area contributed by atoms with Crippen LogP contribution in [0.2, 0.25) is 0 Å². The molecule has 0 aliphatic heterocycles. The lowest BCUT2D eigenvalue weighted by molar-refractivity contribution is 0.0697. The average Bonchev–Trinajstić information content (AvgIpc) is 2.45. The first-order valence-corrected chi connectivity index (χ1v) is 6.68. The number of rotatable bonds is 8. The van der Waals surface area contributed by atoms with E-state index in [0.717, 1.165) is 25.1 Å². The molecule has 0 radical (unpaired) electrons. The van der Waals surface area contributed by atoms with Crippen LogP contribution in [0.3, 0.4) is 0 Å². The number of benzene rings is 1. The van der Waals surface area contributed by atoms with Gasteiger partial charge in [-0.1, -0.05) is 19.1 Å². The standard InChI is InChI=1S/C14H21N3O3/c1-2-15-8-3-9-16-14(20)17-10-11-4-6-12(7-5-11)13(18)19/h4-7,15H,2-3,8-10H2,1H3,(H,18,19)(H2,16,17,20). The van der Waals surface area contributed by atoms with Crippen LogP contribution in [0, 0.1) is 0 Å². The van der Waals surface area contributed by atoms with E-state index in [9.17, 15) is 9.59 Å². The van der Waals surface area contributed by atoms with Crippen molar-refractivity contribution in [1.82, 2.24) is 16.0 Å². The van der Waals surface area contributed by atoms with Gasteiger partial charge >= 0.3 is 12.0 Å². The van der Waals surface area contributed by atoms with Crippen molar-refractivity contribution in [1.29, 1.82) is 0 Å². The molecule has 0 atom stereocenters. The maximum absolute atomic E-state index is 11.5. The molecule has 6 nitrogen and oxygen atoms in total. The Labute approximate surface area is 118 Å². The smallest absolute Gasteiger partial charge is 0.335 e. The Hall–Kier alpha value is -2.08. The lowest BCUT2D eigenvalue weighted by Gasteiger charge is -2.08. The van der Waals surface area contributed by atoms with Gasteiger partial charge in [-0.15, -0.1) is 0 Å². The van der Waals surface area contributed by atoms with Crippen LogP contribution in [0.15, 0.2) is 24.3 Å². The molecule has 1 aromatic carbocycles. The van der Waals surface area contributed by atoms with Crippen LogP contribution >= 0.6 is 0 Å². The molecule has 0 saturated carbocycles. The normalized spacial score (nSPS) is 10.1. The molecule has 6 heteroatoms. The van der Waals surface area contributed by atoms with E-state index in [1.165, 1.54) is 12.1 Å². The van der Waals surface area contributed by atoms with Gasteiger partial charge < -0.3 is 21.1 Å². The Balaban J connectivity index is 2.22. The van der Waals surface area contributed by atoms with Crippen molar-refractivity contribution < 1.29 is 14.7 Å². The van der Waals surface area contributed by atoms with Crippen molar-refractivity contribution in [2.24, 2.45) is 0 Å². The fourth-order valence-electron chi connectivity index (χ4n) is 1.60. The van der Waals surface area contributed by atoms with Crippen molar-refractivity contribution in [3.63, 3.8) is 0 Å². The van der Waals surface area contributed by atoms with Gasteiger partial charge in [-0.25, -0.2) is 9.59 Å². The van der Waals surface area contributed by atoms with Crippen LogP contribution in [-0.4, -0.2) is 36.7 Å². The van der Waals surface area contributed by atoms with E-state index in [1.807, 2.05) is 6.92 Å². The lowest BCUT2D eigenvalue weighted by Crippen LogP contribution is -2.36. The number of carboxylic acid groups (broad SMARTS) is 1. The highest BCUT2D eigenvalue weighted by Crippen LogP contribution is 2.03. The topological polar surface area (TPSA) is 90.5 Å². The SMILES string of the molecule is CCNCCCNC(=O)NCc1ccc(C(=O)O)cc1. The highest BCUT2D eigenvalue weighted by Gasteiger charge is 2.03. The van der Waals surface area contributed by atoms with E-state index in [-0.39, 0.29) is 11.6 Å². The molecule has 0 heterocycles. The summed E-state index contributed by atoms with van der Waals surface area (Å²) in [7, 11) is 0. The Morgan fingerprint density at radius 3 is 2.40 bits per heavy atom. The molecule has 0 bridgehead atoms. The molecule has 0 spiro atoms. The number of nitrogens with one attached hydrogen (secondary N) is 3. The van der Waals surface area contributed by atoms with E-state index in [1.54, 1.807) is 12.1 Å². The highest BCUT2D eigenvalue weighted by atomic mass is 16.4. The molecule has 110 valence electrons. The molecular weight excluding hydrogens is 258 g/mol. The Morgan fingerprint density at radius 1 is 1.10 bits per heavy atom. The number of carbonyl (C=O) groups is 2. The molecule has 20 heavy (non-hydrogen) atoms. The van der Waals surface area contributed by atoms with Crippen LogP contribution in [0.4, 0.5) is 4.79 Å². The quantitative estimate of drug-likeness (QED) is 0.538. The average molecular weight is 279 g/mol. The van der Waals surface area contributed by atoms with Crippen molar-refractivity contribution in [2.75, 3.05) is 19.6 Å². The zero-order valence-corrected chi connectivity index (χ0v) is 11.6. The molecule has 0 unspecified atom stereocenters. The fraction of sp³-hybridized carbons (Fsp3) is 0.429. The van der Waals surface area contributed by atoms with Crippen LogP contribution in [0.5, 0.6) is 0 Å². The van der Waals surface area contributed by atoms with E-state index in [0.29, 0.717) is 13.1 Å². The Bertz CT molecular complexity index is 432. The van der Waals surface area contributed by atoms with Gasteiger partial charge in [0.05, 0.1) is 5.56 Å². The first-order valence-electron chi connectivity index (χ1n) is 6.68. The minimum Gasteiger partial charge on any atom is -0.478 e. The number of hydrogen-bond donors (Lipinski definition) is 4. The third-order valence-electron chi connectivity index (χ3n) is 2.72. The Morgan fingerprint density at radius 2 is 1.80 bits per heavy atom. The number of carboxylic acids is 1. The summed E-state index contributed by atoms with van der Waals surface area (Å²) in [4.78, 5) is 22.2. The summed E-state index contributed by atoms with van der Waals surface area (Å²) in [5.74, 6) is -0.956. The van der Waals surface area contributed by atoms with Gasteiger partial charge in [0.25, 0.3) is 0 Å². The highest BCUT2D eigenvalue weighted by molar-refractivity contribution is 5.87. The second kappa shape index (κ2) is 8.92. The van der Waals surface area contributed by atoms with Gasteiger partial charge in [-0.05, 0) is 37.2 Å². The maximum atomic E-state index is 11.5. The number of aromatic carboxylic acids is 1. The third-order valence-corrected chi connectivity index (χ3v) is 2.72. The molecule has 4 N–H and O–H groups in total. The fourth-order valence-corrected chi connectivity index (χ4v) is 1.60. The largest absolute Gasteiger partial charge is 0.478 e. The van der Waals surface area contributed by atoms with Gasteiger partial charge in [0, 0.05) is 13.1 Å². The molecule has 0 aromatic heterocycles.